The van der Waals surface area contributed by atoms with Crippen LogP contribution < -0.4 is 0 Å². The molecular formula is C12H22N2O. The van der Waals surface area contributed by atoms with Crippen molar-refractivity contribution in [2.75, 3.05) is 26.3 Å². The zero-order chi connectivity index (χ0) is 10.9. The summed E-state index contributed by atoms with van der Waals surface area (Å²) in [5.74, 6) is 0. The first-order valence-electron chi connectivity index (χ1n) is 6.07. The van der Waals surface area contributed by atoms with Crippen molar-refractivity contribution in [3.63, 3.8) is 0 Å². The molecule has 1 rings (SSSR count). The van der Waals surface area contributed by atoms with Gasteiger partial charge < -0.3 is 4.74 Å². The van der Waals surface area contributed by atoms with Crippen LogP contribution >= 0.6 is 0 Å². The lowest BCUT2D eigenvalue weighted by atomic mass is 10.2. The van der Waals surface area contributed by atoms with E-state index < -0.39 is 0 Å². The topological polar surface area (TPSA) is 36.3 Å². The van der Waals surface area contributed by atoms with Gasteiger partial charge in [-0.25, -0.2) is 0 Å². The monoisotopic (exact) mass is 210 g/mol. The summed E-state index contributed by atoms with van der Waals surface area (Å²) in [5, 5.41) is 8.78. The largest absolute Gasteiger partial charge is 0.382 e. The van der Waals surface area contributed by atoms with E-state index in [9.17, 15) is 0 Å². The Bertz CT molecular complexity index is 194. The molecule has 0 radical (unpaired) electrons. The molecule has 3 heteroatoms. The number of hydrogen-bond acceptors (Lipinski definition) is 3. The zero-order valence-corrected chi connectivity index (χ0v) is 9.74. The van der Waals surface area contributed by atoms with Gasteiger partial charge in [-0.3, -0.25) is 4.90 Å². The van der Waals surface area contributed by atoms with E-state index in [1.165, 1.54) is 25.7 Å². The molecule has 0 amide bonds. The van der Waals surface area contributed by atoms with Crippen LogP contribution in [0.5, 0.6) is 0 Å². The summed E-state index contributed by atoms with van der Waals surface area (Å²) in [6.45, 7) is 5.23. The van der Waals surface area contributed by atoms with Crippen molar-refractivity contribution in [1.82, 2.24) is 4.90 Å². The molecule has 0 bridgehead atoms. The van der Waals surface area contributed by atoms with Crippen LogP contribution in [0.1, 0.15) is 39.0 Å². The van der Waals surface area contributed by atoms with E-state index in [4.69, 9.17) is 10.00 Å². The zero-order valence-electron chi connectivity index (χ0n) is 9.74. The number of hydrogen-bond donors (Lipinski definition) is 0. The average Bonchev–Trinajstić information content (AvgIpc) is 2.76. The summed E-state index contributed by atoms with van der Waals surface area (Å²) in [6.07, 6.45) is 6.26. The lowest BCUT2D eigenvalue weighted by Crippen LogP contribution is -2.34. The highest BCUT2D eigenvalue weighted by Gasteiger charge is 2.21. The van der Waals surface area contributed by atoms with Gasteiger partial charge in [-0.05, 0) is 26.2 Å². The lowest BCUT2D eigenvalue weighted by molar-refractivity contribution is 0.125. The van der Waals surface area contributed by atoms with Gasteiger partial charge in [-0.15, -0.1) is 0 Å². The minimum Gasteiger partial charge on any atom is -0.382 e. The quantitative estimate of drug-likeness (QED) is 0.477. The van der Waals surface area contributed by atoms with Gasteiger partial charge in [0.2, 0.25) is 0 Å². The van der Waals surface area contributed by atoms with Crippen LogP contribution in [0.2, 0.25) is 0 Å². The molecule has 0 aromatic heterocycles. The lowest BCUT2D eigenvalue weighted by Gasteiger charge is -2.25. The van der Waals surface area contributed by atoms with Crippen LogP contribution in [0.3, 0.4) is 0 Å². The first-order chi connectivity index (χ1) is 7.38. The maximum absolute atomic E-state index is 8.78. The third-order valence-electron chi connectivity index (χ3n) is 3.05. The molecule has 1 aliphatic rings. The normalized spacial score (nSPS) is 17.1. The number of ether oxygens (including phenoxy) is 1. The minimum absolute atomic E-state index is 0.580. The maximum Gasteiger partial charge on any atom is 0.0868 e. The standard InChI is InChI=1S/C12H22N2O/c1-2-15-11-5-9-14(10-8-13)12-6-3-4-7-12/h12H,2-7,9-11H2,1H3. The van der Waals surface area contributed by atoms with Crippen molar-refractivity contribution in [2.45, 2.75) is 45.1 Å². The summed E-state index contributed by atoms with van der Waals surface area (Å²) in [5.41, 5.74) is 0. The Kier molecular flexibility index (Phi) is 6.38. The predicted molar refractivity (Wildman–Crippen MR) is 60.6 cm³/mol. The molecule has 0 aromatic carbocycles. The predicted octanol–water partition coefficient (Wildman–Crippen LogP) is 2.18. The van der Waals surface area contributed by atoms with E-state index in [-0.39, 0.29) is 0 Å². The molecule has 0 saturated heterocycles. The van der Waals surface area contributed by atoms with Crippen LogP contribution in [-0.2, 0) is 4.74 Å². The van der Waals surface area contributed by atoms with Crippen molar-refractivity contribution < 1.29 is 4.74 Å². The van der Waals surface area contributed by atoms with E-state index in [0.717, 1.165) is 26.2 Å². The van der Waals surface area contributed by atoms with E-state index >= 15 is 0 Å². The smallest absolute Gasteiger partial charge is 0.0868 e. The van der Waals surface area contributed by atoms with E-state index in [2.05, 4.69) is 11.0 Å². The van der Waals surface area contributed by atoms with E-state index in [1.54, 1.807) is 0 Å². The summed E-state index contributed by atoms with van der Waals surface area (Å²) < 4.78 is 5.32. The second-order valence-electron chi connectivity index (χ2n) is 4.12. The van der Waals surface area contributed by atoms with Crippen LogP contribution in [0.4, 0.5) is 0 Å². The Morgan fingerprint density at radius 1 is 1.40 bits per heavy atom. The number of rotatable bonds is 7. The van der Waals surface area contributed by atoms with E-state index in [0.29, 0.717) is 12.6 Å². The average molecular weight is 210 g/mol. The van der Waals surface area contributed by atoms with E-state index in [1.807, 2.05) is 6.92 Å². The van der Waals surface area contributed by atoms with Crippen molar-refractivity contribution in [3.8, 4) is 6.07 Å². The summed E-state index contributed by atoms with van der Waals surface area (Å²) >= 11 is 0. The summed E-state index contributed by atoms with van der Waals surface area (Å²) in [4.78, 5) is 2.33. The molecule has 0 unspecified atom stereocenters. The van der Waals surface area contributed by atoms with Crippen molar-refractivity contribution in [2.24, 2.45) is 0 Å². The Labute approximate surface area is 93.0 Å². The molecular weight excluding hydrogens is 188 g/mol. The summed E-state index contributed by atoms with van der Waals surface area (Å²) in [6, 6.07) is 2.93. The SMILES string of the molecule is CCOCCCN(CC#N)C1CCCC1. The maximum atomic E-state index is 8.78. The fourth-order valence-corrected chi connectivity index (χ4v) is 2.27. The Morgan fingerprint density at radius 2 is 2.13 bits per heavy atom. The first kappa shape index (κ1) is 12.5. The van der Waals surface area contributed by atoms with Crippen LogP contribution in [0, 0.1) is 11.3 Å². The van der Waals surface area contributed by atoms with Crippen LogP contribution in [0.25, 0.3) is 0 Å². The molecule has 0 heterocycles. The van der Waals surface area contributed by atoms with Gasteiger partial charge in [0.05, 0.1) is 12.6 Å². The number of nitrogens with zero attached hydrogens (tertiary/aromatic N) is 2. The van der Waals surface area contributed by atoms with Gasteiger partial charge in [0.1, 0.15) is 0 Å². The summed E-state index contributed by atoms with van der Waals surface area (Å²) in [7, 11) is 0. The molecule has 0 aliphatic heterocycles. The molecule has 3 nitrogen and oxygen atoms in total. The van der Waals surface area contributed by atoms with Gasteiger partial charge in [0.25, 0.3) is 0 Å². The molecule has 0 spiro atoms. The van der Waals surface area contributed by atoms with Gasteiger partial charge in [-0.1, -0.05) is 12.8 Å². The van der Waals surface area contributed by atoms with Gasteiger partial charge in [-0.2, -0.15) is 5.26 Å². The molecule has 0 aromatic rings. The Hall–Kier alpha value is -0.590. The van der Waals surface area contributed by atoms with Crippen molar-refractivity contribution >= 4 is 0 Å². The van der Waals surface area contributed by atoms with Crippen molar-refractivity contribution in [1.29, 1.82) is 5.26 Å². The molecule has 1 saturated carbocycles. The third-order valence-corrected chi connectivity index (χ3v) is 3.05. The second-order valence-corrected chi connectivity index (χ2v) is 4.12. The Morgan fingerprint density at radius 3 is 2.73 bits per heavy atom. The molecule has 86 valence electrons. The first-order valence-corrected chi connectivity index (χ1v) is 6.07. The fourth-order valence-electron chi connectivity index (χ4n) is 2.27. The van der Waals surface area contributed by atoms with Gasteiger partial charge in [0, 0.05) is 25.8 Å². The van der Waals surface area contributed by atoms with Gasteiger partial charge >= 0.3 is 0 Å². The second kappa shape index (κ2) is 7.67. The van der Waals surface area contributed by atoms with Gasteiger partial charge in [0.15, 0.2) is 0 Å². The third kappa shape index (κ3) is 4.63. The highest BCUT2D eigenvalue weighted by Crippen LogP contribution is 2.23. The van der Waals surface area contributed by atoms with Crippen molar-refractivity contribution in [3.05, 3.63) is 0 Å². The fraction of sp³-hybridized carbons (Fsp3) is 0.917. The Balaban J connectivity index is 2.21. The van der Waals surface area contributed by atoms with Crippen LogP contribution in [-0.4, -0.2) is 37.2 Å². The molecule has 15 heavy (non-hydrogen) atoms. The molecule has 0 N–H and O–H groups in total. The highest BCUT2D eigenvalue weighted by molar-refractivity contribution is 4.84. The minimum atomic E-state index is 0.580. The molecule has 0 atom stereocenters. The highest BCUT2D eigenvalue weighted by atomic mass is 16.5. The molecule has 1 fully saturated rings. The molecule has 1 aliphatic carbocycles. The van der Waals surface area contributed by atoms with Crippen LogP contribution in [0.15, 0.2) is 0 Å². The number of nitriles is 1.